The highest BCUT2D eigenvalue weighted by molar-refractivity contribution is 5.33. The van der Waals surface area contributed by atoms with E-state index in [1.165, 1.54) is 11.6 Å². The average molecular weight is 399 g/mol. The van der Waals surface area contributed by atoms with Crippen LogP contribution in [0.4, 0.5) is 13.2 Å². The Bertz CT molecular complexity index is 929. The van der Waals surface area contributed by atoms with Crippen LogP contribution in [0.25, 0.3) is 0 Å². The van der Waals surface area contributed by atoms with Gasteiger partial charge in [0.15, 0.2) is 0 Å². The monoisotopic (exact) mass is 399 g/mol. The van der Waals surface area contributed by atoms with Gasteiger partial charge in [-0.15, -0.1) is 0 Å². The molecule has 1 heterocycles. The number of rotatable bonds is 5. The second-order valence-corrected chi connectivity index (χ2v) is 8.05. The van der Waals surface area contributed by atoms with Gasteiger partial charge >= 0.3 is 6.18 Å². The Morgan fingerprint density at radius 2 is 1.59 bits per heavy atom. The molecule has 0 saturated carbocycles. The molecule has 0 aliphatic carbocycles. The molecule has 152 valence electrons. The third-order valence-corrected chi connectivity index (χ3v) is 4.74. The van der Waals surface area contributed by atoms with Crippen LogP contribution >= 0.6 is 0 Å². The maximum Gasteiger partial charge on any atom is 0.416 e. The third-order valence-electron chi connectivity index (χ3n) is 4.74. The molecule has 3 aromatic rings. The molecular formula is C24H24F3NO. The van der Waals surface area contributed by atoms with Crippen molar-refractivity contribution in [1.82, 2.24) is 4.98 Å². The van der Waals surface area contributed by atoms with Gasteiger partial charge in [-0.05, 0) is 40.3 Å². The largest absolute Gasteiger partial charge is 0.416 e. The molecule has 5 heteroatoms. The van der Waals surface area contributed by atoms with Crippen molar-refractivity contribution in [2.45, 2.75) is 45.1 Å². The smallest absolute Gasteiger partial charge is 0.364 e. The minimum atomic E-state index is -4.37. The second kappa shape index (κ2) is 8.37. The standard InChI is InChI=1S/C24H24F3NO/c1-23(2,3)20-11-9-18(10-12-20)22(19-7-5-13-28-15-19)29-16-17-6-4-8-21(14-17)24(25,26)27/h4-15,22H,16H2,1-3H3. The Morgan fingerprint density at radius 1 is 0.862 bits per heavy atom. The molecule has 0 bridgehead atoms. The quantitative estimate of drug-likeness (QED) is 0.476. The van der Waals surface area contributed by atoms with Crippen molar-refractivity contribution in [3.63, 3.8) is 0 Å². The van der Waals surface area contributed by atoms with E-state index in [9.17, 15) is 13.2 Å². The van der Waals surface area contributed by atoms with Crippen molar-refractivity contribution in [2.75, 3.05) is 0 Å². The molecule has 0 radical (unpaired) electrons. The highest BCUT2D eigenvalue weighted by Crippen LogP contribution is 2.32. The first kappa shape index (κ1) is 21.1. The van der Waals surface area contributed by atoms with Gasteiger partial charge in [-0.3, -0.25) is 4.98 Å². The Balaban J connectivity index is 1.86. The van der Waals surface area contributed by atoms with Crippen LogP contribution in [0.15, 0.2) is 73.1 Å². The topological polar surface area (TPSA) is 22.1 Å². The van der Waals surface area contributed by atoms with Crippen LogP contribution in [-0.2, 0) is 22.9 Å². The fraction of sp³-hybridized carbons (Fsp3) is 0.292. The van der Waals surface area contributed by atoms with Gasteiger partial charge in [0.1, 0.15) is 6.10 Å². The lowest BCUT2D eigenvalue weighted by Gasteiger charge is -2.22. The number of halogens is 3. The Hall–Kier alpha value is -2.66. The van der Waals surface area contributed by atoms with E-state index in [4.69, 9.17) is 4.74 Å². The molecule has 1 atom stereocenters. The SMILES string of the molecule is CC(C)(C)c1ccc(C(OCc2cccc(C(F)(F)F)c2)c2cccnc2)cc1. The highest BCUT2D eigenvalue weighted by Gasteiger charge is 2.30. The maximum atomic E-state index is 13.0. The van der Waals surface area contributed by atoms with Gasteiger partial charge in [0.05, 0.1) is 12.2 Å². The normalized spacial score (nSPS) is 13.3. The second-order valence-electron chi connectivity index (χ2n) is 8.05. The summed E-state index contributed by atoms with van der Waals surface area (Å²) >= 11 is 0. The average Bonchev–Trinajstić information content (AvgIpc) is 2.68. The van der Waals surface area contributed by atoms with Crippen LogP contribution in [0.3, 0.4) is 0 Å². The van der Waals surface area contributed by atoms with E-state index in [0.29, 0.717) is 5.56 Å². The highest BCUT2D eigenvalue weighted by atomic mass is 19.4. The number of ether oxygens (including phenoxy) is 1. The van der Waals surface area contributed by atoms with Crippen LogP contribution < -0.4 is 0 Å². The van der Waals surface area contributed by atoms with Gasteiger partial charge in [-0.2, -0.15) is 13.2 Å². The molecule has 2 aromatic carbocycles. The van der Waals surface area contributed by atoms with E-state index in [1.807, 2.05) is 24.3 Å². The van der Waals surface area contributed by atoms with Crippen molar-refractivity contribution >= 4 is 0 Å². The van der Waals surface area contributed by atoms with Crippen molar-refractivity contribution in [2.24, 2.45) is 0 Å². The number of nitrogens with zero attached hydrogens (tertiary/aromatic N) is 1. The summed E-state index contributed by atoms with van der Waals surface area (Å²) in [5.41, 5.74) is 2.80. The summed E-state index contributed by atoms with van der Waals surface area (Å²) < 4.78 is 45.0. The van der Waals surface area contributed by atoms with Gasteiger partial charge < -0.3 is 4.74 Å². The van der Waals surface area contributed by atoms with Crippen LogP contribution in [0, 0.1) is 0 Å². The van der Waals surface area contributed by atoms with Gasteiger partial charge in [-0.1, -0.05) is 63.2 Å². The zero-order valence-corrected chi connectivity index (χ0v) is 16.7. The van der Waals surface area contributed by atoms with E-state index in [2.05, 4.69) is 37.9 Å². The summed E-state index contributed by atoms with van der Waals surface area (Å²) in [7, 11) is 0. The number of pyridine rings is 1. The predicted molar refractivity (Wildman–Crippen MR) is 107 cm³/mol. The van der Waals surface area contributed by atoms with E-state index >= 15 is 0 Å². The molecule has 0 N–H and O–H groups in total. The van der Waals surface area contributed by atoms with E-state index < -0.39 is 17.8 Å². The van der Waals surface area contributed by atoms with Gasteiger partial charge in [0, 0.05) is 18.0 Å². The van der Waals surface area contributed by atoms with Gasteiger partial charge in [0.25, 0.3) is 0 Å². The minimum Gasteiger partial charge on any atom is -0.364 e. The first-order valence-corrected chi connectivity index (χ1v) is 9.43. The summed E-state index contributed by atoms with van der Waals surface area (Å²) in [6, 6.07) is 17.1. The number of hydrogen-bond acceptors (Lipinski definition) is 2. The molecule has 29 heavy (non-hydrogen) atoms. The Labute approximate surface area is 169 Å². The van der Waals surface area contributed by atoms with Gasteiger partial charge in [-0.25, -0.2) is 0 Å². The number of benzene rings is 2. The number of hydrogen-bond donors (Lipinski definition) is 0. The Kier molecular flexibility index (Phi) is 6.08. The van der Waals surface area contributed by atoms with Crippen molar-refractivity contribution in [3.8, 4) is 0 Å². The first-order chi connectivity index (χ1) is 13.6. The summed E-state index contributed by atoms with van der Waals surface area (Å²) in [6.45, 7) is 6.49. The molecule has 0 fully saturated rings. The van der Waals surface area contributed by atoms with E-state index in [-0.39, 0.29) is 12.0 Å². The van der Waals surface area contributed by atoms with Crippen molar-refractivity contribution in [3.05, 3.63) is 101 Å². The summed E-state index contributed by atoms with van der Waals surface area (Å²) in [5.74, 6) is 0. The molecule has 0 aliphatic heterocycles. The fourth-order valence-electron chi connectivity index (χ4n) is 3.09. The zero-order valence-electron chi connectivity index (χ0n) is 16.7. The van der Waals surface area contributed by atoms with Crippen LogP contribution in [0.5, 0.6) is 0 Å². The first-order valence-electron chi connectivity index (χ1n) is 9.43. The zero-order chi connectivity index (χ0) is 21.1. The van der Waals surface area contributed by atoms with Crippen LogP contribution in [0.2, 0.25) is 0 Å². The molecule has 1 unspecified atom stereocenters. The summed E-state index contributed by atoms with van der Waals surface area (Å²) in [5, 5.41) is 0. The molecule has 1 aromatic heterocycles. The molecule has 0 aliphatic rings. The van der Waals surface area contributed by atoms with E-state index in [0.717, 1.165) is 23.3 Å². The van der Waals surface area contributed by atoms with Crippen molar-refractivity contribution in [1.29, 1.82) is 0 Å². The van der Waals surface area contributed by atoms with Gasteiger partial charge in [0.2, 0.25) is 0 Å². The van der Waals surface area contributed by atoms with E-state index in [1.54, 1.807) is 18.5 Å². The summed E-state index contributed by atoms with van der Waals surface area (Å²) in [6.07, 6.45) is -1.40. The molecule has 0 saturated heterocycles. The summed E-state index contributed by atoms with van der Waals surface area (Å²) in [4.78, 5) is 4.16. The molecular weight excluding hydrogens is 375 g/mol. The van der Waals surface area contributed by atoms with Crippen LogP contribution in [0.1, 0.15) is 54.7 Å². The third kappa shape index (κ3) is 5.45. The number of aromatic nitrogens is 1. The lowest BCUT2D eigenvalue weighted by Crippen LogP contribution is -2.12. The lowest BCUT2D eigenvalue weighted by atomic mass is 9.86. The Morgan fingerprint density at radius 3 is 2.17 bits per heavy atom. The molecule has 3 rings (SSSR count). The van der Waals surface area contributed by atoms with Crippen LogP contribution in [-0.4, -0.2) is 4.98 Å². The molecule has 0 amide bonds. The number of alkyl halides is 3. The molecule has 2 nitrogen and oxygen atoms in total. The predicted octanol–water partition coefficient (Wildman–Crippen LogP) is 6.70. The lowest BCUT2D eigenvalue weighted by molar-refractivity contribution is -0.137. The maximum absolute atomic E-state index is 13.0. The fourth-order valence-corrected chi connectivity index (χ4v) is 3.09. The minimum absolute atomic E-state index is 0.0290. The molecule has 0 spiro atoms. The van der Waals surface area contributed by atoms with Crippen molar-refractivity contribution < 1.29 is 17.9 Å².